The fourth-order valence-corrected chi connectivity index (χ4v) is 8.47. The molecule has 0 saturated carbocycles. The second-order valence-corrected chi connectivity index (χ2v) is 15.7. The van der Waals surface area contributed by atoms with Gasteiger partial charge in [-0.1, -0.05) is 58.9 Å². The van der Waals surface area contributed by atoms with E-state index in [1.807, 2.05) is 18.2 Å². The minimum Gasteiger partial charge on any atom is -0.453 e. The Kier molecular flexibility index (Phi) is 13.3. The average molecular weight is 789 g/mol. The molecule has 3 aliphatic rings. The molecule has 0 bridgehead atoms. The molecule has 0 spiro atoms. The molecule has 14 nitrogen and oxygen atoms in total. The summed E-state index contributed by atoms with van der Waals surface area (Å²) in [5, 5.41) is 14.0. The minimum absolute atomic E-state index is 0.0730. The summed E-state index contributed by atoms with van der Waals surface area (Å²) in [7, 11) is 3.54. The van der Waals surface area contributed by atoms with Crippen molar-refractivity contribution in [2.45, 2.75) is 122 Å². The van der Waals surface area contributed by atoms with E-state index >= 15 is 8.78 Å². The zero-order valence-corrected chi connectivity index (χ0v) is 33.3. The van der Waals surface area contributed by atoms with E-state index in [-0.39, 0.29) is 18.8 Å². The summed E-state index contributed by atoms with van der Waals surface area (Å²) in [6.07, 6.45) is -1.01. The van der Waals surface area contributed by atoms with Gasteiger partial charge in [-0.05, 0) is 46.9 Å². The molecule has 2 N–H and O–H groups in total. The third-order valence-corrected chi connectivity index (χ3v) is 11.6. The number of benzene rings is 1. The van der Waals surface area contributed by atoms with Gasteiger partial charge in [0.2, 0.25) is 5.78 Å². The van der Waals surface area contributed by atoms with Crippen LogP contribution in [0.1, 0.15) is 66.9 Å². The van der Waals surface area contributed by atoms with Crippen LogP contribution in [-0.4, -0.2) is 125 Å². The first-order valence-corrected chi connectivity index (χ1v) is 19.1. The summed E-state index contributed by atoms with van der Waals surface area (Å²) in [6.45, 7) is 10.6. The van der Waals surface area contributed by atoms with Crippen molar-refractivity contribution in [2.75, 3.05) is 20.7 Å². The van der Waals surface area contributed by atoms with Crippen molar-refractivity contribution in [1.82, 2.24) is 20.2 Å². The lowest BCUT2D eigenvalue weighted by Crippen LogP contribution is -2.60. The number of aromatic nitrogens is 2. The summed E-state index contributed by atoms with van der Waals surface area (Å²) < 4.78 is 61.9. The fourth-order valence-electron chi connectivity index (χ4n) is 8.47. The highest BCUT2D eigenvalue weighted by atomic mass is 19.3. The van der Waals surface area contributed by atoms with Crippen molar-refractivity contribution in [3.05, 3.63) is 42.2 Å². The van der Waals surface area contributed by atoms with Crippen LogP contribution in [-0.2, 0) is 38.1 Å². The number of aliphatic hydroxyl groups excluding tert-OH is 1. The topological polar surface area (TPSA) is 176 Å². The van der Waals surface area contributed by atoms with E-state index in [0.717, 1.165) is 5.56 Å². The molecule has 13 atom stereocenters. The van der Waals surface area contributed by atoms with Gasteiger partial charge in [-0.3, -0.25) is 19.6 Å². The number of likely N-dealkylation sites (N-methyl/N-ethyl adjacent to an activating group) is 1. The molecule has 1 aromatic carbocycles. The molecule has 56 heavy (non-hydrogen) atoms. The Hall–Kier alpha value is -3.96. The first-order chi connectivity index (χ1) is 26.3. The molecule has 1 aromatic heterocycles. The largest absolute Gasteiger partial charge is 0.453 e. The number of halogens is 2. The molecule has 3 aliphatic heterocycles. The number of fused-ring (bicyclic) bond motifs is 2. The monoisotopic (exact) mass is 788 g/mol. The maximum Gasteiger partial charge on any atom is 0.408 e. The molecule has 2 aromatic rings. The second kappa shape index (κ2) is 17.3. The minimum atomic E-state index is -4.67. The Labute approximate surface area is 325 Å². The highest BCUT2D eigenvalue weighted by molar-refractivity contribution is 6.06. The van der Waals surface area contributed by atoms with Gasteiger partial charge in [-0.2, -0.15) is 8.78 Å². The van der Waals surface area contributed by atoms with Gasteiger partial charge in [-0.15, -0.1) is 0 Å². The van der Waals surface area contributed by atoms with Crippen LogP contribution in [0.2, 0.25) is 0 Å². The smallest absolute Gasteiger partial charge is 0.408 e. The lowest BCUT2D eigenvalue weighted by molar-refractivity contribution is -0.282. The number of ether oxygens (including phenoxy) is 5. The lowest BCUT2D eigenvalue weighted by Gasteiger charge is -2.45. The van der Waals surface area contributed by atoms with E-state index in [2.05, 4.69) is 15.3 Å². The number of Topliss-reactive ketones (excluding diaryl/α,β-unsaturated/α-hetero) is 2. The number of hydrogen-bond acceptors (Lipinski definition) is 13. The van der Waals surface area contributed by atoms with Gasteiger partial charge in [0.1, 0.15) is 18.0 Å². The summed E-state index contributed by atoms with van der Waals surface area (Å²) >= 11 is 0. The normalized spacial score (nSPS) is 37.2. The molecule has 308 valence electrons. The molecule has 16 heteroatoms. The van der Waals surface area contributed by atoms with E-state index in [1.54, 1.807) is 78.2 Å². The predicted molar refractivity (Wildman–Crippen MR) is 199 cm³/mol. The molecule has 3 saturated heterocycles. The molecule has 5 rings (SSSR count). The van der Waals surface area contributed by atoms with E-state index in [1.165, 1.54) is 13.8 Å². The van der Waals surface area contributed by atoms with Gasteiger partial charge in [0.05, 0.1) is 42.0 Å². The van der Waals surface area contributed by atoms with Crippen molar-refractivity contribution in [1.29, 1.82) is 0 Å². The standard InChI is InChI=1S/C40H54F2N4O10/c1-10-28-39(7)34(45-38(51)56-39)22(4)30(47)21(3)32(52-18-12-14-25-13-11-15-26-29(25)44-17-16-43-26)23(5)33(24(6)35(49)40(41,42)37(50)54-28)55-36-31(48)27(46(8)9)19-20(2)53-36/h11-17,20-24,27-28,31-34,36,48H,10,18-19H2,1-9H3,(H,45,51)/b14-12+/t20-,21+,22-,23-,24-,27+,28+,31-,32+,33+,34?,36+,39-/m1/s1. The number of carbonyl (C=O) groups excluding carboxylic acids is 4. The lowest BCUT2D eigenvalue weighted by atomic mass is 9.74. The molecule has 4 heterocycles. The number of esters is 1. The molecular weight excluding hydrogens is 734 g/mol. The van der Waals surface area contributed by atoms with Gasteiger partial charge in [0.15, 0.2) is 11.9 Å². The summed E-state index contributed by atoms with van der Waals surface area (Å²) in [6, 6.07) is 3.95. The van der Waals surface area contributed by atoms with E-state index < -0.39 is 102 Å². The number of para-hydroxylation sites is 1. The number of aliphatic hydroxyl groups is 1. The van der Waals surface area contributed by atoms with Crippen LogP contribution < -0.4 is 5.32 Å². The quantitative estimate of drug-likeness (QED) is 0.286. The van der Waals surface area contributed by atoms with Crippen LogP contribution in [0.3, 0.4) is 0 Å². The Morgan fingerprint density at radius 1 is 1.02 bits per heavy atom. The average Bonchev–Trinajstić information content (AvgIpc) is 3.48. The summed E-state index contributed by atoms with van der Waals surface area (Å²) in [4.78, 5) is 65.0. The third kappa shape index (κ3) is 8.49. The van der Waals surface area contributed by atoms with E-state index in [0.29, 0.717) is 17.5 Å². The Morgan fingerprint density at radius 3 is 2.39 bits per heavy atom. The SMILES string of the molecule is CC[C@@H]1OC(=O)C(F)(F)C(=O)[C@H](C)[C@@H](O[C@@H]2O[C@H](C)C[C@H](N(C)C)[C@H]2O)[C@H](C)[C@@H](OC/C=C/c2cccc3nccnc23)[C@@H](C)C(=O)[C@@H](C)C2NC(=O)O[C@@]21C. The summed E-state index contributed by atoms with van der Waals surface area (Å²) in [5.41, 5.74) is 0.332. The first kappa shape index (κ1) is 43.2. The molecular formula is C40H54F2N4O10. The van der Waals surface area contributed by atoms with Crippen LogP contribution in [0, 0.1) is 23.7 Å². The number of hydrogen-bond donors (Lipinski definition) is 2. The number of nitrogens with one attached hydrogen (secondary N) is 1. The third-order valence-electron chi connectivity index (χ3n) is 11.6. The van der Waals surface area contributed by atoms with E-state index in [4.69, 9.17) is 23.7 Å². The Morgan fingerprint density at radius 2 is 1.71 bits per heavy atom. The highest BCUT2D eigenvalue weighted by Crippen LogP contribution is 2.40. The van der Waals surface area contributed by atoms with Crippen LogP contribution in [0.25, 0.3) is 17.1 Å². The number of ketones is 2. The van der Waals surface area contributed by atoms with Gasteiger partial charge >= 0.3 is 18.0 Å². The number of carbonyl (C=O) groups is 4. The summed E-state index contributed by atoms with van der Waals surface area (Å²) in [5.74, 6) is -13.7. The zero-order valence-electron chi connectivity index (χ0n) is 33.3. The number of alkyl carbamates (subject to hydrolysis) is 1. The number of alkyl halides is 2. The van der Waals surface area contributed by atoms with E-state index in [9.17, 15) is 24.3 Å². The molecule has 1 amide bonds. The number of rotatable bonds is 8. The maximum atomic E-state index is 16.1. The van der Waals surface area contributed by atoms with Crippen LogP contribution in [0.5, 0.6) is 0 Å². The molecule has 0 radical (unpaired) electrons. The highest BCUT2D eigenvalue weighted by Gasteiger charge is 2.60. The molecule has 3 fully saturated rings. The Balaban J connectivity index is 1.58. The number of amides is 1. The van der Waals surface area contributed by atoms with Gasteiger partial charge in [0.25, 0.3) is 0 Å². The van der Waals surface area contributed by atoms with Crippen LogP contribution >= 0.6 is 0 Å². The predicted octanol–water partition coefficient (Wildman–Crippen LogP) is 4.36. The van der Waals surface area contributed by atoms with Gasteiger partial charge < -0.3 is 39.0 Å². The number of cyclic esters (lactones) is 1. The van der Waals surface area contributed by atoms with Crippen molar-refractivity contribution >= 4 is 40.7 Å². The fraction of sp³-hybridized carbons (Fsp3) is 0.650. The van der Waals surface area contributed by atoms with Gasteiger partial charge in [0, 0.05) is 47.7 Å². The van der Waals surface area contributed by atoms with Gasteiger partial charge in [-0.25, -0.2) is 9.59 Å². The zero-order chi connectivity index (χ0) is 41.3. The van der Waals surface area contributed by atoms with Crippen molar-refractivity contribution in [2.24, 2.45) is 23.7 Å². The maximum absolute atomic E-state index is 16.1. The second-order valence-electron chi connectivity index (χ2n) is 15.7. The van der Waals surface area contributed by atoms with Crippen molar-refractivity contribution < 1.29 is 56.7 Å². The van der Waals surface area contributed by atoms with Crippen LogP contribution in [0.15, 0.2) is 36.7 Å². The van der Waals surface area contributed by atoms with Crippen molar-refractivity contribution in [3.63, 3.8) is 0 Å². The Bertz CT molecular complexity index is 1790. The number of nitrogens with zero attached hydrogens (tertiary/aromatic N) is 3. The molecule has 0 aliphatic carbocycles. The first-order valence-electron chi connectivity index (χ1n) is 19.1. The van der Waals surface area contributed by atoms with Crippen LogP contribution in [0.4, 0.5) is 13.6 Å². The van der Waals surface area contributed by atoms with Crippen molar-refractivity contribution in [3.8, 4) is 0 Å². The molecule has 1 unspecified atom stereocenters.